The monoisotopic (exact) mass is 184 g/mol. The first-order chi connectivity index (χ1) is 5.86. The van der Waals surface area contributed by atoms with Crippen LogP contribution in [0.2, 0.25) is 0 Å². The third kappa shape index (κ3) is 2.45. The second-order valence-electron chi connectivity index (χ2n) is 1.99. The van der Waals surface area contributed by atoms with E-state index in [1.807, 2.05) is 6.07 Å². The van der Waals surface area contributed by atoms with Crippen LogP contribution in [0, 0.1) is 11.3 Å². The molecule has 0 radical (unpaired) electrons. The Morgan fingerprint density at radius 2 is 2.42 bits per heavy atom. The quantitative estimate of drug-likeness (QED) is 0.660. The lowest BCUT2D eigenvalue weighted by Crippen LogP contribution is -1.99. The molecule has 1 rings (SSSR count). The van der Waals surface area contributed by atoms with Crippen molar-refractivity contribution in [3.8, 4) is 6.07 Å². The Labute approximate surface area is 73.7 Å². The van der Waals surface area contributed by atoms with Crippen molar-refractivity contribution in [1.82, 2.24) is 10.2 Å². The molecule has 12 heavy (non-hydrogen) atoms. The second-order valence-corrected chi connectivity index (χ2v) is 3.06. The Bertz CT molecular complexity index is 279. The summed E-state index contributed by atoms with van der Waals surface area (Å²) in [6.07, 6.45) is 0.439. The van der Waals surface area contributed by atoms with Gasteiger partial charge in [-0.25, -0.2) is 0 Å². The summed E-state index contributed by atoms with van der Waals surface area (Å²) in [5, 5.41) is 28.5. The topological polar surface area (TPSA) is 81.8 Å². The SMILES string of the molecule is N#CCCNc1nnc(CO)s1. The van der Waals surface area contributed by atoms with E-state index in [9.17, 15) is 0 Å². The summed E-state index contributed by atoms with van der Waals surface area (Å²) in [5.74, 6) is 0. The Hall–Kier alpha value is -1.19. The van der Waals surface area contributed by atoms with Crippen molar-refractivity contribution in [2.75, 3.05) is 11.9 Å². The smallest absolute Gasteiger partial charge is 0.205 e. The molecule has 0 aromatic carbocycles. The maximum absolute atomic E-state index is 8.65. The number of rotatable bonds is 4. The zero-order valence-electron chi connectivity index (χ0n) is 6.32. The third-order valence-electron chi connectivity index (χ3n) is 1.12. The van der Waals surface area contributed by atoms with E-state index in [0.717, 1.165) is 0 Å². The number of nitrogens with zero attached hydrogens (tertiary/aromatic N) is 3. The largest absolute Gasteiger partial charge is 0.389 e. The van der Waals surface area contributed by atoms with E-state index in [4.69, 9.17) is 10.4 Å². The van der Waals surface area contributed by atoms with Crippen molar-refractivity contribution in [3.63, 3.8) is 0 Å². The molecule has 64 valence electrons. The van der Waals surface area contributed by atoms with Crippen molar-refractivity contribution < 1.29 is 5.11 Å². The van der Waals surface area contributed by atoms with Crippen molar-refractivity contribution in [2.45, 2.75) is 13.0 Å². The maximum atomic E-state index is 8.65. The van der Waals surface area contributed by atoms with Crippen LogP contribution >= 0.6 is 11.3 Å². The molecule has 2 N–H and O–H groups in total. The molecular formula is C6H8N4OS. The number of anilines is 1. The van der Waals surface area contributed by atoms with Crippen LogP contribution in [-0.4, -0.2) is 21.8 Å². The predicted octanol–water partition coefficient (Wildman–Crippen LogP) is 0.356. The van der Waals surface area contributed by atoms with Gasteiger partial charge in [0.2, 0.25) is 5.13 Å². The third-order valence-corrected chi connectivity index (χ3v) is 1.98. The van der Waals surface area contributed by atoms with Gasteiger partial charge in [-0.3, -0.25) is 0 Å². The first-order valence-corrected chi connectivity index (χ1v) is 4.22. The molecule has 1 aromatic rings. The molecule has 5 nitrogen and oxygen atoms in total. The summed E-state index contributed by atoms with van der Waals surface area (Å²) in [4.78, 5) is 0. The molecule has 1 heterocycles. The summed E-state index contributed by atoms with van der Waals surface area (Å²) in [6, 6.07) is 2.00. The van der Waals surface area contributed by atoms with E-state index in [0.29, 0.717) is 23.1 Å². The van der Waals surface area contributed by atoms with E-state index in [-0.39, 0.29) is 6.61 Å². The van der Waals surface area contributed by atoms with E-state index < -0.39 is 0 Å². The van der Waals surface area contributed by atoms with Gasteiger partial charge >= 0.3 is 0 Å². The minimum Gasteiger partial charge on any atom is -0.389 e. The molecule has 0 aliphatic rings. The maximum Gasteiger partial charge on any atom is 0.205 e. The molecule has 0 saturated carbocycles. The average molecular weight is 184 g/mol. The van der Waals surface area contributed by atoms with Gasteiger partial charge in [-0.1, -0.05) is 11.3 Å². The highest BCUT2D eigenvalue weighted by molar-refractivity contribution is 7.15. The molecule has 0 unspecified atom stereocenters. The first kappa shape index (κ1) is 8.90. The molecular weight excluding hydrogens is 176 g/mol. The Kier molecular flexibility index (Phi) is 3.44. The molecule has 6 heteroatoms. The molecule has 0 amide bonds. The van der Waals surface area contributed by atoms with Gasteiger partial charge in [0, 0.05) is 6.54 Å². The molecule has 0 spiro atoms. The van der Waals surface area contributed by atoms with E-state index in [2.05, 4.69) is 15.5 Å². The minimum atomic E-state index is -0.0857. The van der Waals surface area contributed by atoms with Gasteiger partial charge in [0.15, 0.2) is 0 Å². The van der Waals surface area contributed by atoms with Gasteiger partial charge in [0.1, 0.15) is 5.01 Å². The Balaban J connectivity index is 2.37. The highest BCUT2D eigenvalue weighted by atomic mass is 32.1. The molecule has 0 fully saturated rings. The van der Waals surface area contributed by atoms with Crippen LogP contribution in [0.25, 0.3) is 0 Å². The summed E-state index contributed by atoms with van der Waals surface area (Å²) in [5.41, 5.74) is 0. The normalized spacial score (nSPS) is 9.33. The standard InChI is InChI=1S/C6H8N4OS/c7-2-1-3-8-6-10-9-5(4-11)12-6/h11H,1,3-4H2,(H,8,10). The second kappa shape index (κ2) is 4.64. The van der Waals surface area contributed by atoms with E-state index in [1.54, 1.807) is 0 Å². The number of nitrogens with one attached hydrogen (secondary N) is 1. The summed E-state index contributed by atoms with van der Waals surface area (Å²) < 4.78 is 0. The van der Waals surface area contributed by atoms with Gasteiger partial charge in [-0.2, -0.15) is 5.26 Å². The molecule has 0 aliphatic heterocycles. The number of aromatic nitrogens is 2. The van der Waals surface area contributed by atoms with Crippen molar-refractivity contribution >= 4 is 16.5 Å². The van der Waals surface area contributed by atoms with Crippen LogP contribution < -0.4 is 5.32 Å². The van der Waals surface area contributed by atoms with Crippen LogP contribution in [0.5, 0.6) is 0 Å². The van der Waals surface area contributed by atoms with Crippen LogP contribution in [0.3, 0.4) is 0 Å². The molecule has 0 bridgehead atoms. The van der Waals surface area contributed by atoms with Crippen molar-refractivity contribution in [2.24, 2.45) is 0 Å². The van der Waals surface area contributed by atoms with Crippen molar-refractivity contribution in [1.29, 1.82) is 5.26 Å². The number of nitriles is 1. The fourth-order valence-corrected chi connectivity index (χ4v) is 1.24. The zero-order chi connectivity index (χ0) is 8.81. The van der Waals surface area contributed by atoms with Gasteiger partial charge in [0.25, 0.3) is 0 Å². The van der Waals surface area contributed by atoms with Gasteiger partial charge in [-0.05, 0) is 0 Å². The van der Waals surface area contributed by atoms with E-state index >= 15 is 0 Å². The van der Waals surface area contributed by atoms with Crippen LogP contribution in [0.15, 0.2) is 0 Å². The number of hydrogen-bond acceptors (Lipinski definition) is 6. The summed E-state index contributed by atoms with van der Waals surface area (Å²) in [7, 11) is 0. The highest BCUT2D eigenvalue weighted by Gasteiger charge is 2.00. The summed E-state index contributed by atoms with van der Waals surface area (Å²) in [6.45, 7) is 0.480. The average Bonchev–Trinajstić information content (AvgIpc) is 2.53. The number of hydrogen-bond donors (Lipinski definition) is 2. The first-order valence-electron chi connectivity index (χ1n) is 3.41. The highest BCUT2D eigenvalue weighted by Crippen LogP contribution is 2.14. The lowest BCUT2D eigenvalue weighted by Gasteiger charge is -1.93. The Morgan fingerprint density at radius 1 is 1.58 bits per heavy atom. The molecule has 1 aromatic heterocycles. The fraction of sp³-hybridized carbons (Fsp3) is 0.500. The Morgan fingerprint density at radius 3 is 3.00 bits per heavy atom. The van der Waals surface area contributed by atoms with Gasteiger partial charge in [-0.15, -0.1) is 10.2 Å². The van der Waals surface area contributed by atoms with Gasteiger partial charge < -0.3 is 10.4 Å². The lowest BCUT2D eigenvalue weighted by molar-refractivity contribution is 0.280. The minimum absolute atomic E-state index is 0.0857. The van der Waals surface area contributed by atoms with Gasteiger partial charge in [0.05, 0.1) is 19.1 Å². The van der Waals surface area contributed by atoms with Crippen LogP contribution in [0.4, 0.5) is 5.13 Å². The van der Waals surface area contributed by atoms with Crippen molar-refractivity contribution in [3.05, 3.63) is 5.01 Å². The van der Waals surface area contributed by atoms with Crippen LogP contribution in [0.1, 0.15) is 11.4 Å². The van der Waals surface area contributed by atoms with Crippen LogP contribution in [-0.2, 0) is 6.61 Å². The number of aliphatic hydroxyl groups is 1. The molecule has 0 saturated heterocycles. The zero-order valence-corrected chi connectivity index (χ0v) is 7.13. The lowest BCUT2D eigenvalue weighted by atomic mass is 10.5. The molecule has 0 aliphatic carbocycles. The number of aliphatic hydroxyl groups excluding tert-OH is 1. The summed E-state index contributed by atoms with van der Waals surface area (Å²) >= 11 is 1.29. The van der Waals surface area contributed by atoms with E-state index in [1.165, 1.54) is 11.3 Å². The predicted molar refractivity (Wildman–Crippen MR) is 44.6 cm³/mol. The molecule has 0 atom stereocenters. The fourth-order valence-electron chi connectivity index (χ4n) is 0.614.